The van der Waals surface area contributed by atoms with E-state index >= 15 is 0 Å². The fourth-order valence-corrected chi connectivity index (χ4v) is 18.5. The van der Waals surface area contributed by atoms with Crippen molar-refractivity contribution in [2.75, 3.05) is 39.6 Å². The number of unbranched alkanes of at least 4 members (excludes halogenated alkanes) is 56. The van der Waals surface area contributed by atoms with Gasteiger partial charge in [0.2, 0.25) is 0 Å². The molecule has 0 aromatic heterocycles. The van der Waals surface area contributed by atoms with Crippen molar-refractivity contribution in [1.82, 2.24) is 0 Å². The fourth-order valence-electron chi connectivity index (χ4n) is 18.5. The van der Waals surface area contributed by atoms with Gasteiger partial charge in [0.25, 0.3) is 0 Å². The summed E-state index contributed by atoms with van der Waals surface area (Å²) in [6, 6.07) is 32.8. The van der Waals surface area contributed by atoms with Crippen molar-refractivity contribution in [3.8, 4) is 81.9 Å². The van der Waals surface area contributed by atoms with Gasteiger partial charge < -0.3 is 28.4 Å². The number of Topliss-reactive ketones (excluding diaryl/α,β-unsaturated/α-hetero) is 2. The number of ether oxygens (including phenoxy) is 6. The van der Waals surface area contributed by atoms with Crippen LogP contribution in [0.4, 0.5) is 0 Å². The lowest BCUT2D eigenvalue weighted by molar-refractivity contribution is -0.124. The number of carbonyl (C=O) groups is 2. The second-order valence-electron chi connectivity index (χ2n) is 39.8. The van der Waals surface area contributed by atoms with Gasteiger partial charge in [0, 0.05) is 72.2 Å². The van der Waals surface area contributed by atoms with E-state index in [9.17, 15) is 9.59 Å². The average Bonchev–Trinajstić information content (AvgIpc) is 0.811. The van der Waals surface area contributed by atoms with E-state index in [1.54, 1.807) is 0 Å². The van der Waals surface area contributed by atoms with Gasteiger partial charge >= 0.3 is 0 Å². The summed E-state index contributed by atoms with van der Waals surface area (Å²) in [6.07, 6.45) is 83.9. The van der Waals surface area contributed by atoms with E-state index in [1.165, 1.54) is 321 Å². The topological polar surface area (TPSA) is 89.5 Å². The molecule has 0 saturated carbocycles. The SMILES string of the molecule is CCCCCCCCCCCCOc1cc(C#Cc2ccccc2)c(OCCCCCCCCCC)cc1C#Cc1cc(OCCCCC(=O)C(CCCCCCCC)CCCCCCCC)c(C#Cc2cc(OCCCCCCCCCCCC)c(C#Cc3ccccc3)cc2OCCCCCCCCCCCC)cc1OCCCCC(=O)C(CCCCCCCC)CCCCCCCC. The van der Waals surface area contributed by atoms with E-state index in [0.717, 1.165) is 138 Å². The minimum Gasteiger partial charge on any atom is -0.492 e. The minimum absolute atomic E-state index is 0.108. The maximum atomic E-state index is 14.6. The minimum atomic E-state index is 0.108. The van der Waals surface area contributed by atoms with Gasteiger partial charge in [0.1, 0.15) is 46.1 Å². The molecule has 0 spiro atoms. The highest BCUT2D eigenvalue weighted by Crippen LogP contribution is 2.36. The van der Waals surface area contributed by atoms with E-state index in [4.69, 9.17) is 28.4 Å². The van der Waals surface area contributed by atoms with E-state index in [2.05, 4.69) is 151 Å². The third-order valence-corrected chi connectivity index (χ3v) is 27.3. The first-order chi connectivity index (χ1) is 67.2. The number of carbonyl (C=O) groups excluding carboxylic acids is 2. The Labute approximate surface area is 836 Å². The molecule has 5 aromatic rings. The van der Waals surface area contributed by atoms with Gasteiger partial charge in [0.05, 0.1) is 73.0 Å². The first-order valence-corrected chi connectivity index (χ1v) is 57.7. The molecule has 758 valence electrons. The summed E-state index contributed by atoms with van der Waals surface area (Å²) >= 11 is 0. The molecular formula is C128H198O8. The molecule has 0 aliphatic heterocycles. The van der Waals surface area contributed by atoms with E-state index in [0.29, 0.717) is 134 Å². The van der Waals surface area contributed by atoms with E-state index in [-0.39, 0.29) is 11.8 Å². The second kappa shape index (κ2) is 85.5. The zero-order valence-electron chi connectivity index (χ0n) is 88.8. The smallest absolute Gasteiger partial charge is 0.136 e. The number of benzene rings is 5. The van der Waals surface area contributed by atoms with Gasteiger partial charge in [-0.3, -0.25) is 9.59 Å². The molecule has 0 bridgehead atoms. The maximum Gasteiger partial charge on any atom is 0.136 e. The Morgan fingerprint density at radius 1 is 0.191 bits per heavy atom. The highest BCUT2D eigenvalue weighted by atomic mass is 16.5. The van der Waals surface area contributed by atoms with Gasteiger partial charge in [-0.2, -0.15) is 0 Å². The standard InChI is InChI=1S/C128H198O8/c1-9-17-25-33-41-45-48-52-60-76-100-132-124-108-118(126(106-116(124)94-92-112-83-67-64-68-84-112)134-102-78-62-54-50-47-43-35-27-19-11-3)96-98-120-110-127(135-103-79-73-89-121(129)113(85-69-55-37-29-21-13-5)86-70-56-38-30-22-14-6)119(109-128(120)136-104-80-74-90-122(130)114(87-71-57-39-31-23-15-7)88-72-58-40-32-24-16-8)97-95-117-107-123(131-99-75-59-51-44-36-28-20-12-4)115(93-91-111-81-65-63-66-82-111)105-125(117)133-101-77-61-53-49-46-42-34-26-18-10-2/h63-68,81-84,105-110,113-114H,9-62,69-80,85-90,99-104H2,1-8H3. The molecule has 8 nitrogen and oxygen atoms in total. The molecule has 8 heteroatoms. The molecule has 136 heavy (non-hydrogen) atoms. The first kappa shape index (κ1) is 119. The van der Waals surface area contributed by atoms with Crippen molar-refractivity contribution < 1.29 is 38.0 Å². The highest BCUT2D eigenvalue weighted by molar-refractivity contribution is 5.81. The van der Waals surface area contributed by atoms with Crippen LogP contribution in [-0.2, 0) is 9.59 Å². The largest absolute Gasteiger partial charge is 0.492 e. The van der Waals surface area contributed by atoms with E-state index < -0.39 is 0 Å². The van der Waals surface area contributed by atoms with Crippen molar-refractivity contribution in [3.05, 3.63) is 142 Å². The van der Waals surface area contributed by atoms with Gasteiger partial charge in [-0.1, -0.05) is 512 Å². The summed E-state index contributed by atoms with van der Waals surface area (Å²) in [4.78, 5) is 29.2. The van der Waals surface area contributed by atoms with Crippen LogP contribution in [0.5, 0.6) is 34.5 Å². The molecule has 0 fully saturated rings. The summed E-state index contributed by atoms with van der Waals surface area (Å²) in [7, 11) is 0. The lowest BCUT2D eigenvalue weighted by atomic mass is 9.88. The van der Waals surface area contributed by atoms with E-state index in [1.807, 2.05) is 48.5 Å². The summed E-state index contributed by atoms with van der Waals surface area (Å²) in [5.74, 6) is 33.9. The van der Waals surface area contributed by atoms with Crippen molar-refractivity contribution in [2.45, 2.75) is 518 Å². The lowest BCUT2D eigenvalue weighted by Gasteiger charge is -2.17. The molecule has 0 atom stereocenters. The van der Waals surface area contributed by atoms with Crippen LogP contribution in [0.25, 0.3) is 0 Å². The molecule has 5 rings (SSSR count). The molecule has 0 N–H and O–H groups in total. The predicted molar refractivity (Wildman–Crippen MR) is 584 cm³/mol. The zero-order valence-corrected chi connectivity index (χ0v) is 88.8. The normalized spacial score (nSPS) is 11.1. The molecule has 0 amide bonds. The first-order valence-electron chi connectivity index (χ1n) is 57.7. The molecule has 0 saturated heterocycles. The van der Waals surface area contributed by atoms with Gasteiger partial charge in [0.15, 0.2) is 0 Å². The Morgan fingerprint density at radius 2 is 0.346 bits per heavy atom. The Hall–Kier alpha value is -7.52. The zero-order chi connectivity index (χ0) is 96.8. The number of ketones is 2. The number of hydrogen-bond acceptors (Lipinski definition) is 8. The van der Waals surface area contributed by atoms with Gasteiger partial charge in [-0.25, -0.2) is 0 Å². The highest BCUT2D eigenvalue weighted by Gasteiger charge is 2.22. The van der Waals surface area contributed by atoms with Crippen LogP contribution in [0.15, 0.2) is 97.1 Å². The van der Waals surface area contributed by atoms with Crippen molar-refractivity contribution >= 4 is 11.6 Å². The van der Waals surface area contributed by atoms with Crippen LogP contribution in [-0.4, -0.2) is 51.2 Å². The van der Waals surface area contributed by atoms with Crippen LogP contribution in [0.2, 0.25) is 0 Å². The Morgan fingerprint density at radius 3 is 0.529 bits per heavy atom. The van der Waals surface area contributed by atoms with Gasteiger partial charge in [-0.15, -0.1) is 0 Å². The molecule has 0 aliphatic carbocycles. The summed E-state index contributed by atoms with van der Waals surface area (Å²) in [5.41, 5.74) is 6.12. The molecule has 0 radical (unpaired) electrons. The third-order valence-electron chi connectivity index (χ3n) is 27.3. The van der Waals surface area contributed by atoms with Gasteiger partial charge in [-0.05, 0) is 101 Å². The average molecular weight is 1860 g/mol. The lowest BCUT2D eigenvalue weighted by Crippen LogP contribution is -2.15. The monoisotopic (exact) mass is 1860 g/mol. The molecule has 0 heterocycles. The van der Waals surface area contributed by atoms with Crippen LogP contribution < -0.4 is 28.4 Å². The summed E-state index contributed by atoms with van der Waals surface area (Å²) in [6.45, 7) is 21.3. The Kier molecular flexibility index (Phi) is 74.8. The Balaban J connectivity index is 1.75. The van der Waals surface area contributed by atoms with Crippen LogP contribution in [0, 0.1) is 59.2 Å². The number of rotatable bonds is 88. The van der Waals surface area contributed by atoms with Crippen molar-refractivity contribution in [2.24, 2.45) is 11.8 Å². The molecule has 5 aromatic carbocycles. The maximum absolute atomic E-state index is 14.6. The molecule has 0 unspecified atom stereocenters. The van der Waals surface area contributed by atoms with Crippen molar-refractivity contribution in [1.29, 1.82) is 0 Å². The van der Waals surface area contributed by atoms with Crippen LogP contribution >= 0.6 is 0 Å². The molecule has 0 aliphatic rings. The third kappa shape index (κ3) is 59.8. The summed E-state index contributed by atoms with van der Waals surface area (Å²) < 4.78 is 42.2. The Bertz CT molecular complexity index is 3880. The number of hydrogen-bond donors (Lipinski definition) is 0. The van der Waals surface area contributed by atoms with Crippen molar-refractivity contribution in [3.63, 3.8) is 0 Å². The van der Waals surface area contributed by atoms with Crippen LogP contribution in [0.3, 0.4) is 0 Å². The fraction of sp³-hybridized carbons (Fsp3) is 0.688. The van der Waals surface area contributed by atoms with Crippen LogP contribution in [0.1, 0.15) is 562 Å². The predicted octanol–water partition coefficient (Wildman–Crippen LogP) is 38.2. The summed E-state index contributed by atoms with van der Waals surface area (Å²) in [5, 5.41) is 0. The quantitative estimate of drug-likeness (QED) is 0.0281. The second-order valence-corrected chi connectivity index (χ2v) is 39.8. The molecular weight excluding hydrogens is 1670 g/mol.